The second-order valence-electron chi connectivity index (χ2n) is 12.1. The van der Waals surface area contributed by atoms with Gasteiger partial charge in [-0.15, -0.1) is 0 Å². The van der Waals surface area contributed by atoms with Gasteiger partial charge < -0.3 is 37.8 Å². The maximum Gasteiger partial charge on any atom is 0.326 e. The molecule has 0 aliphatic rings. The SMILES string of the molecule is CC(C)C[C@H](NC(=O)[C@@H](NC(=O)[C@@H](NC(=O)[C@@H](N)Cc1ccccc1)C(C)C)C(C)C)C(=O)N[C@@H](CCCCN)C(=O)O. The summed E-state index contributed by atoms with van der Waals surface area (Å²) in [6.07, 6.45) is 1.92. The van der Waals surface area contributed by atoms with Gasteiger partial charge in [0.1, 0.15) is 24.2 Å². The summed E-state index contributed by atoms with van der Waals surface area (Å²) in [4.78, 5) is 64.5. The minimum Gasteiger partial charge on any atom is -0.480 e. The summed E-state index contributed by atoms with van der Waals surface area (Å²) in [5, 5.41) is 20.3. The molecule has 12 heteroatoms. The first-order valence-corrected chi connectivity index (χ1v) is 15.1. The average molecular weight is 605 g/mol. The summed E-state index contributed by atoms with van der Waals surface area (Å²) in [5.74, 6) is -4.09. The number of unbranched alkanes of at least 4 members (excludes halogenated alkanes) is 1. The van der Waals surface area contributed by atoms with E-state index in [1.807, 2.05) is 44.2 Å². The number of hydrogen-bond donors (Lipinski definition) is 7. The third-order valence-electron chi connectivity index (χ3n) is 7.03. The molecular formula is C31H52N6O6. The standard InChI is InChI=1S/C31H52N6O6/c1-18(2)16-24(28(39)34-23(31(42)43)14-10-11-15-32)35-29(40)25(19(3)4)37-30(41)26(20(5)6)36-27(38)22(33)17-21-12-8-7-9-13-21/h7-9,12-13,18-20,22-26H,10-11,14-17,32-33H2,1-6H3,(H,34,39)(H,35,40)(H,36,38)(H,37,41)(H,42,43)/t22-,23-,24-,25-,26-/m0/s1. The van der Waals surface area contributed by atoms with Crippen LogP contribution in [0.25, 0.3) is 0 Å². The summed E-state index contributed by atoms with van der Waals surface area (Å²) in [6.45, 7) is 11.2. The zero-order chi connectivity index (χ0) is 32.7. The van der Waals surface area contributed by atoms with Gasteiger partial charge >= 0.3 is 5.97 Å². The van der Waals surface area contributed by atoms with Crippen molar-refractivity contribution in [1.82, 2.24) is 21.3 Å². The van der Waals surface area contributed by atoms with Crippen LogP contribution in [0.4, 0.5) is 0 Å². The number of aliphatic carboxylic acids is 1. The summed E-state index contributed by atoms with van der Waals surface area (Å²) >= 11 is 0. The highest BCUT2D eigenvalue weighted by Gasteiger charge is 2.34. The number of nitrogens with two attached hydrogens (primary N) is 2. The van der Waals surface area contributed by atoms with Crippen LogP contribution in [0.3, 0.4) is 0 Å². The lowest BCUT2D eigenvalue weighted by Crippen LogP contribution is -2.60. The zero-order valence-electron chi connectivity index (χ0n) is 26.4. The van der Waals surface area contributed by atoms with Crippen LogP contribution < -0.4 is 32.7 Å². The second-order valence-corrected chi connectivity index (χ2v) is 12.1. The van der Waals surface area contributed by atoms with Gasteiger partial charge in [0.15, 0.2) is 0 Å². The molecular weight excluding hydrogens is 552 g/mol. The fraction of sp³-hybridized carbons (Fsp3) is 0.645. The Kier molecular flexibility index (Phi) is 16.5. The van der Waals surface area contributed by atoms with Crippen molar-refractivity contribution in [3.05, 3.63) is 35.9 Å². The van der Waals surface area contributed by atoms with Crippen molar-refractivity contribution < 1.29 is 29.1 Å². The topological polar surface area (TPSA) is 206 Å². The van der Waals surface area contributed by atoms with Crippen LogP contribution in [0.15, 0.2) is 30.3 Å². The second kappa shape index (κ2) is 18.9. The summed E-state index contributed by atoms with van der Waals surface area (Å²) in [7, 11) is 0. The van der Waals surface area contributed by atoms with Crippen LogP contribution >= 0.6 is 0 Å². The number of carbonyl (C=O) groups excluding carboxylic acids is 4. The molecule has 0 saturated carbocycles. The van der Waals surface area contributed by atoms with Crippen LogP contribution in [0, 0.1) is 17.8 Å². The predicted octanol–water partition coefficient (Wildman–Crippen LogP) is 1.07. The third kappa shape index (κ3) is 13.6. The summed E-state index contributed by atoms with van der Waals surface area (Å²) in [6, 6.07) is 4.31. The number of rotatable bonds is 19. The van der Waals surface area contributed by atoms with E-state index >= 15 is 0 Å². The van der Waals surface area contributed by atoms with Gasteiger partial charge in [-0.2, -0.15) is 0 Å². The van der Waals surface area contributed by atoms with Gasteiger partial charge in [0.2, 0.25) is 23.6 Å². The first-order chi connectivity index (χ1) is 20.2. The molecule has 0 radical (unpaired) electrons. The van der Waals surface area contributed by atoms with E-state index in [4.69, 9.17) is 11.5 Å². The van der Waals surface area contributed by atoms with Crippen LogP contribution in [0.1, 0.15) is 72.8 Å². The molecule has 0 bridgehead atoms. The number of hydrogen-bond acceptors (Lipinski definition) is 7. The molecule has 0 spiro atoms. The molecule has 0 heterocycles. The van der Waals surface area contributed by atoms with E-state index < -0.39 is 59.8 Å². The highest BCUT2D eigenvalue weighted by Crippen LogP contribution is 2.11. The number of carbonyl (C=O) groups is 5. The van der Waals surface area contributed by atoms with Crippen molar-refractivity contribution in [2.24, 2.45) is 29.2 Å². The Bertz CT molecular complexity index is 1050. The largest absolute Gasteiger partial charge is 0.480 e. The normalized spacial score (nSPS) is 14.9. The number of amides is 4. The molecule has 1 aromatic rings. The molecule has 43 heavy (non-hydrogen) atoms. The lowest BCUT2D eigenvalue weighted by Gasteiger charge is -2.29. The van der Waals surface area contributed by atoms with Crippen LogP contribution in [0.2, 0.25) is 0 Å². The Balaban J connectivity index is 2.99. The Morgan fingerprint density at radius 1 is 0.721 bits per heavy atom. The van der Waals surface area contributed by atoms with Crippen molar-refractivity contribution in [2.75, 3.05) is 6.54 Å². The monoisotopic (exact) mass is 604 g/mol. The zero-order valence-corrected chi connectivity index (χ0v) is 26.4. The van der Waals surface area contributed by atoms with Crippen molar-refractivity contribution in [1.29, 1.82) is 0 Å². The van der Waals surface area contributed by atoms with Crippen molar-refractivity contribution in [2.45, 2.75) is 104 Å². The number of benzene rings is 1. The molecule has 1 aromatic carbocycles. The van der Waals surface area contributed by atoms with Gasteiger partial charge in [-0.25, -0.2) is 4.79 Å². The van der Waals surface area contributed by atoms with E-state index in [2.05, 4.69) is 21.3 Å². The number of carboxylic acid groups (broad SMARTS) is 1. The quantitative estimate of drug-likeness (QED) is 0.113. The van der Waals surface area contributed by atoms with Crippen LogP contribution in [0.5, 0.6) is 0 Å². The van der Waals surface area contributed by atoms with E-state index in [-0.39, 0.29) is 30.6 Å². The van der Waals surface area contributed by atoms with Crippen molar-refractivity contribution >= 4 is 29.6 Å². The first-order valence-electron chi connectivity index (χ1n) is 15.1. The molecule has 0 aliphatic heterocycles. The molecule has 0 aromatic heterocycles. The van der Waals surface area contributed by atoms with E-state index in [0.29, 0.717) is 25.8 Å². The Labute approximate surface area is 255 Å². The third-order valence-corrected chi connectivity index (χ3v) is 7.03. The van der Waals surface area contributed by atoms with Crippen molar-refractivity contribution in [3.8, 4) is 0 Å². The molecule has 0 aliphatic carbocycles. The molecule has 242 valence electrons. The lowest BCUT2D eigenvalue weighted by molar-refractivity contribution is -0.142. The smallest absolute Gasteiger partial charge is 0.326 e. The fourth-order valence-corrected chi connectivity index (χ4v) is 4.52. The van der Waals surface area contributed by atoms with Gasteiger partial charge in [-0.05, 0) is 62.0 Å². The molecule has 12 nitrogen and oxygen atoms in total. The first kappa shape index (κ1) is 37.5. The van der Waals surface area contributed by atoms with E-state index in [1.54, 1.807) is 27.7 Å². The van der Waals surface area contributed by atoms with Gasteiger partial charge in [0.05, 0.1) is 6.04 Å². The molecule has 0 saturated heterocycles. The molecule has 5 atom stereocenters. The Morgan fingerprint density at radius 3 is 1.72 bits per heavy atom. The average Bonchev–Trinajstić information content (AvgIpc) is 2.93. The Hall–Kier alpha value is -3.51. The van der Waals surface area contributed by atoms with Gasteiger partial charge in [-0.3, -0.25) is 19.2 Å². The predicted molar refractivity (Wildman–Crippen MR) is 166 cm³/mol. The molecule has 4 amide bonds. The maximum absolute atomic E-state index is 13.4. The van der Waals surface area contributed by atoms with Crippen molar-refractivity contribution in [3.63, 3.8) is 0 Å². The van der Waals surface area contributed by atoms with E-state index in [0.717, 1.165) is 5.56 Å². The van der Waals surface area contributed by atoms with Gasteiger partial charge in [0.25, 0.3) is 0 Å². The summed E-state index contributed by atoms with van der Waals surface area (Å²) < 4.78 is 0. The lowest BCUT2D eigenvalue weighted by atomic mass is 9.97. The molecule has 9 N–H and O–H groups in total. The van der Waals surface area contributed by atoms with E-state index in [1.165, 1.54) is 0 Å². The highest BCUT2D eigenvalue weighted by atomic mass is 16.4. The minimum atomic E-state index is -1.17. The fourth-order valence-electron chi connectivity index (χ4n) is 4.52. The minimum absolute atomic E-state index is 0.00397. The van der Waals surface area contributed by atoms with Gasteiger partial charge in [-0.1, -0.05) is 71.9 Å². The highest BCUT2D eigenvalue weighted by molar-refractivity contribution is 5.95. The molecule has 0 unspecified atom stereocenters. The molecule has 1 rings (SSSR count). The van der Waals surface area contributed by atoms with E-state index in [9.17, 15) is 29.1 Å². The number of nitrogens with one attached hydrogen (secondary N) is 4. The maximum atomic E-state index is 13.4. The summed E-state index contributed by atoms with van der Waals surface area (Å²) in [5.41, 5.74) is 12.5. The Morgan fingerprint density at radius 2 is 1.23 bits per heavy atom. The van der Waals surface area contributed by atoms with Crippen LogP contribution in [-0.4, -0.2) is 71.5 Å². The van der Waals surface area contributed by atoms with Gasteiger partial charge in [0, 0.05) is 0 Å². The van der Waals surface area contributed by atoms with Crippen LogP contribution in [-0.2, 0) is 30.4 Å². The molecule has 0 fully saturated rings. The number of carboxylic acids is 1.